The van der Waals surface area contributed by atoms with E-state index >= 15 is 0 Å². The highest BCUT2D eigenvalue weighted by atomic mass is 79.9. The zero-order chi connectivity index (χ0) is 13.8. The highest BCUT2D eigenvalue weighted by Gasteiger charge is 2.14. The number of benzene rings is 2. The summed E-state index contributed by atoms with van der Waals surface area (Å²) in [6.07, 6.45) is 0. The van der Waals surface area contributed by atoms with Gasteiger partial charge in [-0.05, 0) is 52.7 Å². The summed E-state index contributed by atoms with van der Waals surface area (Å²) in [6.45, 7) is 4.94. The molecule has 0 amide bonds. The lowest BCUT2D eigenvalue weighted by molar-refractivity contribution is 0.599. The first-order chi connectivity index (χ1) is 9.11. The first-order valence-corrected chi connectivity index (χ1v) is 7.16. The van der Waals surface area contributed by atoms with Crippen molar-refractivity contribution in [2.45, 2.75) is 19.9 Å². The van der Waals surface area contributed by atoms with Crippen molar-refractivity contribution in [3.8, 4) is 0 Å². The van der Waals surface area contributed by atoms with Gasteiger partial charge >= 0.3 is 0 Å². The minimum atomic E-state index is -0.229. The molecule has 1 unspecified atom stereocenters. The fraction of sp³-hybridized carbons (Fsp3) is 0.250. The van der Waals surface area contributed by atoms with Crippen molar-refractivity contribution in [1.82, 2.24) is 5.32 Å². The fourth-order valence-electron chi connectivity index (χ4n) is 2.08. The van der Waals surface area contributed by atoms with E-state index in [0.717, 1.165) is 17.7 Å². The summed E-state index contributed by atoms with van der Waals surface area (Å²) < 4.78 is 14.2. The van der Waals surface area contributed by atoms with Crippen molar-refractivity contribution in [1.29, 1.82) is 0 Å². The van der Waals surface area contributed by atoms with E-state index in [0.29, 0.717) is 4.47 Å². The van der Waals surface area contributed by atoms with E-state index in [4.69, 9.17) is 0 Å². The molecule has 0 spiro atoms. The number of hydrogen-bond donors (Lipinski definition) is 1. The monoisotopic (exact) mass is 321 g/mol. The van der Waals surface area contributed by atoms with Crippen LogP contribution in [-0.2, 0) is 0 Å². The number of hydrogen-bond acceptors (Lipinski definition) is 1. The highest BCUT2D eigenvalue weighted by Crippen LogP contribution is 2.25. The molecule has 1 nitrogen and oxygen atoms in total. The van der Waals surface area contributed by atoms with Gasteiger partial charge in [0, 0.05) is 0 Å². The topological polar surface area (TPSA) is 12.0 Å². The Morgan fingerprint density at radius 3 is 2.32 bits per heavy atom. The van der Waals surface area contributed by atoms with Crippen LogP contribution in [0.25, 0.3) is 0 Å². The molecule has 0 bridgehead atoms. The molecule has 0 saturated carbocycles. The third-order valence-corrected chi connectivity index (χ3v) is 3.74. The van der Waals surface area contributed by atoms with Crippen LogP contribution in [0, 0.1) is 12.7 Å². The predicted octanol–water partition coefficient (Wildman–Crippen LogP) is 4.60. The van der Waals surface area contributed by atoms with Crippen molar-refractivity contribution in [2.75, 3.05) is 6.54 Å². The molecule has 0 radical (unpaired) electrons. The van der Waals surface area contributed by atoms with Gasteiger partial charge in [-0.3, -0.25) is 0 Å². The van der Waals surface area contributed by atoms with Gasteiger partial charge in [-0.2, -0.15) is 0 Å². The SMILES string of the molecule is CCNC(c1ccc(C)cc1)c1ccc(Br)c(F)c1. The molecule has 0 heterocycles. The third-order valence-electron chi connectivity index (χ3n) is 3.10. The second kappa shape index (κ2) is 6.31. The number of halogens is 2. The summed E-state index contributed by atoms with van der Waals surface area (Å²) in [6, 6.07) is 13.6. The van der Waals surface area contributed by atoms with Crippen molar-refractivity contribution in [2.24, 2.45) is 0 Å². The zero-order valence-corrected chi connectivity index (χ0v) is 12.7. The minimum absolute atomic E-state index is 0.0215. The maximum absolute atomic E-state index is 13.7. The van der Waals surface area contributed by atoms with Crippen LogP contribution in [0.15, 0.2) is 46.9 Å². The van der Waals surface area contributed by atoms with E-state index in [1.54, 1.807) is 12.1 Å². The molecular weight excluding hydrogens is 305 g/mol. The van der Waals surface area contributed by atoms with Crippen molar-refractivity contribution < 1.29 is 4.39 Å². The largest absolute Gasteiger partial charge is 0.307 e. The fourth-order valence-corrected chi connectivity index (χ4v) is 2.33. The summed E-state index contributed by atoms with van der Waals surface area (Å²) in [7, 11) is 0. The molecule has 0 fully saturated rings. The molecule has 2 aromatic rings. The molecule has 2 rings (SSSR count). The Kier molecular flexibility index (Phi) is 4.72. The Morgan fingerprint density at radius 2 is 1.74 bits per heavy atom. The highest BCUT2D eigenvalue weighted by molar-refractivity contribution is 9.10. The number of aryl methyl sites for hydroxylation is 1. The van der Waals surface area contributed by atoms with Crippen LogP contribution in [0.2, 0.25) is 0 Å². The molecule has 0 aliphatic rings. The number of nitrogens with one attached hydrogen (secondary N) is 1. The maximum Gasteiger partial charge on any atom is 0.137 e. The molecule has 0 saturated heterocycles. The predicted molar refractivity (Wildman–Crippen MR) is 80.8 cm³/mol. The van der Waals surface area contributed by atoms with Gasteiger partial charge in [0.05, 0.1) is 10.5 Å². The zero-order valence-electron chi connectivity index (χ0n) is 11.1. The Morgan fingerprint density at radius 1 is 1.11 bits per heavy atom. The van der Waals surface area contributed by atoms with E-state index in [-0.39, 0.29) is 11.9 Å². The number of rotatable bonds is 4. The first-order valence-electron chi connectivity index (χ1n) is 6.36. The lowest BCUT2D eigenvalue weighted by Crippen LogP contribution is -2.22. The molecular formula is C16H17BrFN. The van der Waals surface area contributed by atoms with E-state index in [9.17, 15) is 4.39 Å². The smallest absolute Gasteiger partial charge is 0.137 e. The van der Waals surface area contributed by atoms with Crippen LogP contribution in [0.3, 0.4) is 0 Å². The van der Waals surface area contributed by atoms with Gasteiger partial charge in [-0.15, -0.1) is 0 Å². The Labute approximate surface area is 122 Å². The molecule has 0 aliphatic carbocycles. The van der Waals surface area contributed by atoms with Gasteiger partial charge in [0.25, 0.3) is 0 Å². The maximum atomic E-state index is 13.7. The van der Waals surface area contributed by atoms with E-state index < -0.39 is 0 Å². The molecule has 1 atom stereocenters. The molecule has 0 aliphatic heterocycles. The second-order valence-electron chi connectivity index (χ2n) is 4.57. The third kappa shape index (κ3) is 3.43. The van der Waals surface area contributed by atoms with Crippen LogP contribution in [-0.4, -0.2) is 6.54 Å². The van der Waals surface area contributed by atoms with Crippen LogP contribution in [0.4, 0.5) is 4.39 Å². The summed E-state index contributed by atoms with van der Waals surface area (Å²) >= 11 is 3.19. The molecule has 19 heavy (non-hydrogen) atoms. The Balaban J connectivity index is 2.38. The molecule has 1 N–H and O–H groups in total. The molecule has 3 heteroatoms. The van der Waals surface area contributed by atoms with Crippen molar-refractivity contribution in [3.05, 3.63) is 69.4 Å². The average Bonchev–Trinajstić information content (AvgIpc) is 2.41. The second-order valence-corrected chi connectivity index (χ2v) is 5.43. The summed E-state index contributed by atoms with van der Waals surface area (Å²) in [5.41, 5.74) is 3.31. The quantitative estimate of drug-likeness (QED) is 0.868. The van der Waals surface area contributed by atoms with Crippen LogP contribution in [0.1, 0.15) is 29.7 Å². The van der Waals surface area contributed by atoms with Gasteiger partial charge in [0.15, 0.2) is 0 Å². The Bertz CT molecular complexity index is 551. The van der Waals surface area contributed by atoms with Gasteiger partial charge < -0.3 is 5.32 Å². The Hall–Kier alpha value is -1.19. The average molecular weight is 322 g/mol. The lowest BCUT2D eigenvalue weighted by Gasteiger charge is -2.19. The summed E-state index contributed by atoms with van der Waals surface area (Å²) in [5.74, 6) is -0.229. The van der Waals surface area contributed by atoms with Gasteiger partial charge in [-0.25, -0.2) is 4.39 Å². The first kappa shape index (κ1) is 14.2. The van der Waals surface area contributed by atoms with Gasteiger partial charge in [-0.1, -0.05) is 42.8 Å². The molecule has 2 aromatic carbocycles. The van der Waals surface area contributed by atoms with Crippen LogP contribution < -0.4 is 5.32 Å². The van der Waals surface area contributed by atoms with Gasteiger partial charge in [0.2, 0.25) is 0 Å². The van der Waals surface area contributed by atoms with E-state index in [1.165, 1.54) is 5.56 Å². The van der Waals surface area contributed by atoms with Crippen molar-refractivity contribution >= 4 is 15.9 Å². The standard InChI is InChI=1S/C16H17BrFN/c1-3-19-16(12-6-4-11(2)5-7-12)13-8-9-14(17)15(18)10-13/h4-10,16,19H,3H2,1-2H3. The lowest BCUT2D eigenvalue weighted by atomic mass is 9.98. The normalized spacial score (nSPS) is 12.4. The van der Waals surface area contributed by atoms with Gasteiger partial charge in [0.1, 0.15) is 5.82 Å². The summed E-state index contributed by atoms with van der Waals surface area (Å²) in [4.78, 5) is 0. The van der Waals surface area contributed by atoms with Crippen LogP contribution >= 0.6 is 15.9 Å². The minimum Gasteiger partial charge on any atom is -0.307 e. The van der Waals surface area contributed by atoms with Crippen LogP contribution in [0.5, 0.6) is 0 Å². The van der Waals surface area contributed by atoms with Crippen molar-refractivity contribution in [3.63, 3.8) is 0 Å². The molecule has 100 valence electrons. The van der Waals surface area contributed by atoms with E-state index in [2.05, 4.69) is 59.4 Å². The van der Waals surface area contributed by atoms with E-state index in [1.807, 2.05) is 6.07 Å². The molecule has 0 aromatic heterocycles. The summed E-state index contributed by atoms with van der Waals surface area (Å²) in [5, 5.41) is 3.40.